The summed E-state index contributed by atoms with van der Waals surface area (Å²) in [7, 11) is 0. The predicted molar refractivity (Wildman–Crippen MR) is 107 cm³/mol. The van der Waals surface area contributed by atoms with E-state index in [-0.39, 0.29) is 17.7 Å². The van der Waals surface area contributed by atoms with E-state index in [1.807, 2.05) is 35.8 Å². The molecule has 0 radical (unpaired) electrons. The van der Waals surface area contributed by atoms with Crippen LogP contribution < -0.4 is 5.32 Å². The second-order valence-electron chi connectivity index (χ2n) is 6.54. The molecular formula is C21H22ClN3O2. The molecule has 2 aromatic carbocycles. The molecule has 27 heavy (non-hydrogen) atoms. The minimum Gasteiger partial charge on any atom is -0.352 e. The van der Waals surface area contributed by atoms with E-state index in [0.717, 1.165) is 23.3 Å². The van der Waals surface area contributed by atoms with Gasteiger partial charge in [-0.15, -0.1) is 0 Å². The normalized spacial score (nSPS) is 12.1. The highest BCUT2D eigenvalue weighted by molar-refractivity contribution is 6.30. The maximum atomic E-state index is 12.2. The minimum atomic E-state index is -0.268. The number of aromatic nitrogens is 2. The third-order valence-electron chi connectivity index (χ3n) is 4.61. The second kappa shape index (κ2) is 8.35. The third kappa shape index (κ3) is 4.37. The minimum absolute atomic E-state index is 0.0930. The number of carbonyl (C=O) groups is 2. The van der Waals surface area contributed by atoms with Gasteiger partial charge in [-0.25, -0.2) is 4.98 Å². The number of hydrogen-bond acceptors (Lipinski definition) is 3. The van der Waals surface area contributed by atoms with Gasteiger partial charge in [0.25, 0.3) is 5.91 Å². The number of ketones is 1. The standard InChI is InChI=1S/C21H22ClN3O2/c1-14(15(2)26)25-19-7-4-3-6-18(19)24-20(25)8-5-13-23-21(27)16-9-11-17(22)12-10-16/h3-4,6-7,9-12,14H,5,8,13H2,1-2H3,(H,23,27). The SMILES string of the molecule is CC(=O)C(C)n1c(CCCNC(=O)c2ccc(Cl)cc2)nc2ccccc21. The molecule has 0 saturated carbocycles. The monoisotopic (exact) mass is 383 g/mol. The van der Waals surface area contributed by atoms with Gasteiger partial charge in [-0.05, 0) is 56.7 Å². The van der Waals surface area contributed by atoms with Crippen molar-refractivity contribution in [2.75, 3.05) is 6.54 Å². The lowest BCUT2D eigenvalue weighted by Gasteiger charge is -2.15. The van der Waals surface area contributed by atoms with Crippen LogP contribution in [0.25, 0.3) is 11.0 Å². The van der Waals surface area contributed by atoms with Gasteiger partial charge in [0.2, 0.25) is 0 Å². The van der Waals surface area contributed by atoms with E-state index in [0.29, 0.717) is 23.6 Å². The molecule has 0 bridgehead atoms. The van der Waals surface area contributed by atoms with Crippen LogP contribution >= 0.6 is 11.6 Å². The van der Waals surface area contributed by atoms with E-state index in [1.54, 1.807) is 31.2 Å². The van der Waals surface area contributed by atoms with Gasteiger partial charge in [0.05, 0.1) is 17.1 Å². The van der Waals surface area contributed by atoms with Gasteiger partial charge in [-0.1, -0.05) is 23.7 Å². The smallest absolute Gasteiger partial charge is 0.251 e. The van der Waals surface area contributed by atoms with Crippen LogP contribution in [0.2, 0.25) is 5.02 Å². The van der Waals surface area contributed by atoms with Gasteiger partial charge in [0.15, 0.2) is 5.78 Å². The molecular weight excluding hydrogens is 362 g/mol. The summed E-state index contributed by atoms with van der Waals surface area (Å²) in [4.78, 5) is 28.8. The number of aryl methyl sites for hydroxylation is 1. The van der Waals surface area contributed by atoms with E-state index in [1.165, 1.54) is 0 Å². The molecule has 0 fully saturated rings. The molecule has 0 aliphatic carbocycles. The fourth-order valence-electron chi connectivity index (χ4n) is 3.04. The zero-order chi connectivity index (χ0) is 19.4. The average molecular weight is 384 g/mol. The van der Waals surface area contributed by atoms with Crippen molar-refractivity contribution < 1.29 is 9.59 Å². The summed E-state index contributed by atoms with van der Waals surface area (Å²) < 4.78 is 2.00. The Morgan fingerprint density at radius 1 is 1.15 bits per heavy atom. The molecule has 1 N–H and O–H groups in total. The van der Waals surface area contributed by atoms with Crippen LogP contribution in [-0.2, 0) is 11.2 Å². The molecule has 1 heterocycles. The molecule has 140 valence electrons. The van der Waals surface area contributed by atoms with E-state index in [2.05, 4.69) is 10.3 Å². The molecule has 5 nitrogen and oxygen atoms in total. The lowest BCUT2D eigenvalue weighted by atomic mass is 10.2. The Hall–Kier alpha value is -2.66. The first-order valence-electron chi connectivity index (χ1n) is 8.97. The molecule has 1 amide bonds. The number of halogens is 1. The summed E-state index contributed by atoms with van der Waals surface area (Å²) in [5, 5.41) is 3.51. The average Bonchev–Trinajstić information content (AvgIpc) is 3.03. The summed E-state index contributed by atoms with van der Waals surface area (Å²) in [5.41, 5.74) is 2.42. The van der Waals surface area contributed by atoms with Crippen LogP contribution in [0.3, 0.4) is 0 Å². The van der Waals surface area contributed by atoms with E-state index < -0.39 is 0 Å². The van der Waals surface area contributed by atoms with Gasteiger partial charge >= 0.3 is 0 Å². The van der Waals surface area contributed by atoms with Crippen LogP contribution in [0.1, 0.15) is 42.5 Å². The Kier molecular flexibility index (Phi) is 5.91. The predicted octanol–water partition coefficient (Wildman–Crippen LogP) is 4.20. The molecule has 6 heteroatoms. The molecule has 0 aliphatic heterocycles. The molecule has 1 aromatic heterocycles. The molecule has 3 aromatic rings. The zero-order valence-corrected chi connectivity index (χ0v) is 16.2. The number of nitrogens with zero attached hydrogens (tertiary/aromatic N) is 2. The zero-order valence-electron chi connectivity index (χ0n) is 15.4. The Labute approximate surface area is 163 Å². The molecule has 1 unspecified atom stereocenters. The van der Waals surface area contributed by atoms with Crippen molar-refractivity contribution in [1.29, 1.82) is 0 Å². The van der Waals surface area contributed by atoms with Crippen LogP contribution in [0.15, 0.2) is 48.5 Å². The number of nitrogens with one attached hydrogen (secondary N) is 1. The summed E-state index contributed by atoms with van der Waals surface area (Å²) in [6.07, 6.45) is 1.40. The van der Waals surface area contributed by atoms with E-state index in [4.69, 9.17) is 11.6 Å². The lowest BCUT2D eigenvalue weighted by molar-refractivity contribution is -0.119. The Balaban J connectivity index is 1.66. The molecule has 3 rings (SSSR count). The van der Waals surface area contributed by atoms with E-state index >= 15 is 0 Å². The molecule has 0 saturated heterocycles. The Bertz CT molecular complexity index is 963. The van der Waals surface area contributed by atoms with Crippen LogP contribution in [0.4, 0.5) is 0 Å². The van der Waals surface area contributed by atoms with Crippen molar-refractivity contribution in [2.24, 2.45) is 0 Å². The van der Waals surface area contributed by atoms with Gasteiger partial charge < -0.3 is 9.88 Å². The maximum absolute atomic E-state index is 12.2. The third-order valence-corrected chi connectivity index (χ3v) is 4.87. The van der Waals surface area contributed by atoms with Crippen LogP contribution in [0.5, 0.6) is 0 Å². The van der Waals surface area contributed by atoms with Crippen molar-refractivity contribution in [1.82, 2.24) is 14.9 Å². The van der Waals surface area contributed by atoms with Crippen LogP contribution in [-0.4, -0.2) is 27.8 Å². The highest BCUT2D eigenvalue weighted by atomic mass is 35.5. The fourth-order valence-corrected chi connectivity index (χ4v) is 3.16. The summed E-state index contributed by atoms with van der Waals surface area (Å²) in [5.74, 6) is 0.826. The summed E-state index contributed by atoms with van der Waals surface area (Å²) >= 11 is 5.84. The van der Waals surface area contributed by atoms with Crippen molar-refractivity contribution >= 4 is 34.3 Å². The highest BCUT2D eigenvalue weighted by Gasteiger charge is 2.18. The molecule has 1 atom stereocenters. The fraction of sp³-hybridized carbons (Fsp3) is 0.286. The molecule has 0 spiro atoms. The van der Waals surface area contributed by atoms with Crippen LogP contribution in [0, 0.1) is 0 Å². The second-order valence-corrected chi connectivity index (χ2v) is 6.98. The number of benzene rings is 2. The van der Waals surface area contributed by atoms with Crippen molar-refractivity contribution in [2.45, 2.75) is 32.7 Å². The van der Waals surface area contributed by atoms with Gasteiger partial charge in [-0.3, -0.25) is 9.59 Å². The van der Waals surface area contributed by atoms with Gasteiger partial charge in [0.1, 0.15) is 5.82 Å². The van der Waals surface area contributed by atoms with Crippen molar-refractivity contribution in [3.8, 4) is 0 Å². The number of para-hydroxylation sites is 2. The summed E-state index contributed by atoms with van der Waals surface area (Å²) in [6, 6.07) is 14.3. The maximum Gasteiger partial charge on any atom is 0.251 e. The first-order chi connectivity index (χ1) is 13.0. The first-order valence-corrected chi connectivity index (χ1v) is 9.35. The number of carbonyl (C=O) groups excluding carboxylic acids is 2. The number of imidazole rings is 1. The quantitative estimate of drug-likeness (QED) is 0.622. The highest BCUT2D eigenvalue weighted by Crippen LogP contribution is 2.22. The topological polar surface area (TPSA) is 64.0 Å². The van der Waals surface area contributed by atoms with Gasteiger partial charge in [0, 0.05) is 23.6 Å². The number of hydrogen-bond donors (Lipinski definition) is 1. The Morgan fingerprint density at radius 2 is 1.85 bits per heavy atom. The van der Waals surface area contributed by atoms with Crippen molar-refractivity contribution in [3.05, 3.63) is 64.9 Å². The van der Waals surface area contributed by atoms with Gasteiger partial charge in [-0.2, -0.15) is 0 Å². The number of fused-ring (bicyclic) bond motifs is 1. The van der Waals surface area contributed by atoms with Crippen molar-refractivity contribution in [3.63, 3.8) is 0 Å². The Morgan fingerprint density at radius 3 is 2.56 bits per heavy atom. The molecule has 0 aliphatic rings. The number of rotatable bonds is 7. The largest absolute Gasteiger partial charge is 0.352 e. The summed E-state index contributed by atoms with van der Waals surface area (Å²) in [6.45, 7) is 4.01. The number of amides is 1. The lowest BCUT2D eigenvalue weighted by Crippen LogP contribution is -2.25. The number of Topliss-reactive ketones (excluding diaryl/α,β-unsaturated/α-hetero) is 1. The first kappa shape index (κ1) is 19.1. The van der Waals surface area contributed by atoms with E-state index in [9.17, 15) is 9.59 Å².